The average Bonchev–Trinajstić information content (AvgIpc) is 3.12. The van der Waals surface area contributed by atoms with E-state index < -0.39 is 5.60 Å². The zero-order valence-electron chi connectivity index (χ0n) is 16.3. The van der Waals surface area contributed by atoms with E-state index >= 15 is 0 Å². The van der Waals surface area contributed by atoms with Gasteiger partial charge in [0.25, 0.3) is 0 Å². The van der Waals surface area contributed by atoms with Crippen molar-refractivity contribution in [1.29, 1.82) is 0 Å². The van der Waals surface area contributed by atoms with Crippen LogP contribution in [0.25, 0.3) is 11.0 Å². The highest BCUT2D eigenvalue weighted by atomic mass is 16.5. The summed E-state index contributed by atoms with van der Waals surface area (Å²) in [6.07, 6.45) is 1.72. The summed E-state index contributed by atoms with van der Waals surface area (Å²) in [6, 6.07) is 28.0. The van der Waals surface area contributed by atoms with Crippen LogP contribution in [0.5, 0.6) is 5.75 Å². The molecule has 1 aromatic heterocycles. The normalized spacial score (nSPS) is 20.4. The third-order valence-electron chi connectivity index (χ3n) is 5.85. The number of ether oxygens (including phenoxy) is 1. The first-order valence-corrected chi connectivity index (χ1v) is 10.1. The molecule has 0 N–H and O–H groups in total. The first-order chi connectivity index (χ1) is 14.2. The Balaban J connectivity index is 1.87. The Morgan fingerprint density at radius 3 is 2.24 bits per heavy atom. The lowest BCUT2D eigenvalue weighted by Crippen LogP contribution is -2.36. The third kappa shape index (κ3) is 2.69. The minimum absolute atomic E-state index is 0.234. The second-order valence-electron chi connectivity index (χ2n) is 7.58. The highest BCUT2D eigenvalue weighted by molar-refractivity contribution is 5.86. The maximum absolute atomic E-state index is 13.2. The van der Waals surface area contributed by atoms with E-state index in [9.17, 15) is 4.79 Å². The van der Waals surface area contributed by atoms with Gasteiger partial charge in [0.15, 0.2) is 0 Å². The van der Waals surface area contributed by atoms with Crippen molar-refractivity contribution in [3.63, 3.8) is 0 Å². The highest BCUT2D eigenvalue weighted by Crippen LogP contribution is 2.56. The van der Waals surface area contributed by atoms with Crippen LogP contribution in [-0.4, -0.2) is 0 Å². The molecule has 144 valence electrons. The summed E-state index contributed by atoms with van der Waals surface area (Å²) in [5.41, 5.74) is 2.34. The van der Waals surface area contributed by atoms with Crippen LogP contribution in [0, 0.1) is 0 Å². The number of benzene rings is 3. The van der Waals surface area contributed by atoms with Crippen LogP contribution in [0.1, 0.15) is 42.4 Å². The molecule has 2 unspecified atom stereocenters. The van der Waals surface area contributed by atoms with E-state index in [0.29, 0.717) is 16.9 Å². The molecule has 1 aliphatic rings. The van der Waals surface area contributed by atoms with Gasteiger partial charge in [-0.25, -0.2) is 4.79 Å². The molecule has 1 aliphatic heterocycles. The van der Waals surface area contributed by atoms with Crippen LogP contribution < -0.4 is 10.4 Å². The van der Waals surface area contributed by atoms with Gasteiger partial charge in [0.2, 0.25) is 0 Å². The topological polar surface area (TPSA) is 39.4 Å². The maximum atomic E-state index is 13.2. The molecule has 0 aliphatic carbocycles. The number of hydrogen-bond acceptors (Lipinski definition) is 3. The van der Waals surface area contributed by atoms with E-state index in [4.69, 9.17) is 9.15 Å². The molecule has 3 aromatic carbocycles. The smallest absolute Gasteiger partial charge is 0.344 e. The van der Waals surface area contributed by atoms with Crippen molar-refractivity contribution in [3.05, 3.63) is 112 Å². The Bertz CT molecular complexity index is 1210. The van der Waals surface area contributed by atoms with Gasteiger partial charge in [-0.05, 0) is 29.7 Å². The van der Waals surface area contributed by atoms with Crippen molar-refractivity contribution in [2.24, 2.45) is 0 Å². The Morgan fingerprint density at radius 1 is 0.862 bits per heavy atom. The van der Waals surface area contributed by atoms with Gasteiger partial charge in [-0.15, -0.1) is 0 Å². The van der Waals surface area contributed by atoms with E-state index in [1.165, 1.54) is 0 Å². The Hall–Kier alpha value is -3.33. The predicted molar refractivity (Wildman–Crippen MR) is 114 cm³/mol. The predicted octanol–water partition coefficient (Wildman–Crippen LogP) is 6.01. The second-order valence-corrected chi connectivity index (χ2v) is 7.58. The molecule has 0 amide bonds. The van der Waals surface area contributed by atoms with Crippen LogP contribution in [0.15, 0.2) is 94.1 Å². The Morgan fingerprint density at radius 2 is 1.52 bits per heavy atom. The minimum atomic E-state index is -0.654. The zero-order valence-corrected chi connectivity index (χ0v) is 16.3. The van der Waals surface area contributed by atoms with Crippen molar-refractivity contribution in [3.8, 4) is 5.75 Å². The van der Waals surface area contributed by atoms with Gasteiger partial charge < -0.3 is 9.15 Å². The second kappa shape index (κ2) is 6.93. The van der Waals surface area contributed by atoms with E-state index in [0.717, 1.165) is 29.4 Å². The van der Waals surface area contributed by atoms with Crippen LogP contribution in [0.4, 0.5) is 0 Å². The summed E-state index contributed by atoms with van der Waals surface area (Å²) < 4.78 is 12.6. The molecule has 0 spiro atoms. The van der Waals surface area contributed by atoms with E-state index in [1.807, 2.05) is 60.7 Å². The Kier molecular flexibility index (Phi) is 4.24. The Labute approximate surface area is 169 Å². The molecule has 0 saturated carbocycles. The van der Waals surface area contributed by atoms with Crippen LogP contribution in [0.3, 0.4) is 0 Å². The van der Waals surface area contributed by atoms with E-state index in [-0.39, 0.29) is 11.5 Å². The van der Waals surface area contributed by atoms with Crippen LogP contribution >= 0.6 is 0 Å². The van der Waals surface area contributed by atoms with Gasteiger partial charge in [0.1, 0.15) is 16.9 Å². The standard InChI is InChI=1S/C26H22O3/c1-2-17-26(19-13-7-4-8-14-19)23(18-11-5-3-6-12-18)22-24(29-26)20-15-9-10-16-21(20)28-25(22)27/h3-16,23H,2,17H2,1H3. The summed E-state index contributed by atoms with van der Waals surface area (Å²) >= 11 is 0. The van der Waals surface area contributed by atoms with Gasteiger partial charge in [-0.2, -0.15) is 0 Å². The summed E-state index contributed by atoms with van der Waals surface area (Å²) in [6.45, 7) is 2.15. The molecule has 2 heterocycles. The summed E-state index contributed by atoms with van der Waals surface area (Å²) in [7, 11) is 0. The maximum Gasteiger partial charge on any atom is 0.344 e. The molecule has 2 atom stereocenters. The van der Waals surface area contributed by atoms with Crippen molar-refractivity contribution in [2.45, 2.75) is 31.3 Å². The number of fused-ring (bicyclic) bond motifs is 3. The molecular weight excluding hydrogens is 360 g/mol. The number of rotatable bonds is 4. The quantitative estimate of drug-likeness (QED) is 0.406. The molecular formula is C26H22O3. The SMILES string of the molecule is CCCC1(c2ccccc2)Oc2c(c(=O)oc3ccccc23)C1c1ccccc1. The van der Waals surface area contributed by atoms with Gasteiger partial charge in [-0.1, -0.05) is 86.1 Å². The largest absolute Gasteiger partial charge is 0.480 e. The zero-order chi connectivity index (χ0) is 19.8. The molecule has 29 heavy (non-hydrogen) atoms. The summed E-state index contributed by atoms with van der Waals surface area (Å²) in [5.74, 6) is 0.421. The lowest BCUT2D eigenvalue weighted by atomic mass is 9.73. The molecule has 0 radical (unpaired) electrons. The van der Waals surface area contributed by atoms with E-state index in [2.05, 4.69) is 31.2 Å². The molecule has 0 saturated heterocycles. The molecule has 4 aromatic rings. The van der Waals surface area contributed by atoms with Crippen LogP contribution in [0.2, 0.25) is 0 Å². The third-order valence-corrected chi connectivity index (χ3v) is 5.85. The average molecular weight is 382 g/mol. The lowest BCUT2D eigenvalue weighted by molar-refractivity contribution is 0.0670. The molecule has 3 heteroatoms. The van der Waals surface area contributed by atoms with Crippen molar-refractivity contribution in [2.75, 3.05) is 0 Å². The fraction of sp³-hybridized carbons (Fsp3) is 0.192. The van der Waals surface area contributed by atoms with Gasteiger partial charge in [0, 0.05) is 0 Å². The first kappa shape index (κ1) is 17.7. The fourth-order valence-corrected chi connectivity index (χ4v) is 4.71. The monoisotopic (exact) mass is 382 g/mol. The minimum Gasteiger partial charge on any atom is -0.480 e. The van der Waals surface area contributed by atoms with Crippen molar-refractivity contribution < 1.29 is 9.15 Å². The van der Waals surface area contributed by atoms with Crippen molar-refractivity contribution in [1.82, 2.24) is 0 Å². The van der Waals surface area contributed by atoms with Gasteiger partial charge >= 0.3 is 5.63 Å². The van der Waals surface area contributed by atoms with Crippen LogP contribution in [-0.2, 0) is 5.60 Å². The van der Waals surface area contributed by atoms with Gasteiger partial charge in [0.05, 0.1) is 16.9 Å². The first-order valence-electron chi connectivity index (χ1n) is 10.1. The summed E-state index contributed by atoms with van der Waals surface area (Å²) in [4.78, 5) is 13.2. The number of hydrogen-bond donors (Lipinski definition) is 0. The molecule has 0 fully saturated rings. The molecule has 3 nitrogen and oxygen atoms in total. The molecule has 0 bridgehead atoms. The summed E-state index contributed by atoms with van der Waals surface area (Å²) in [5, 5.41) is 0.844. The number of para-hydroxylation sites is 1. The lowest BCUT2D eigenvalue weighted by Gasteiger charge is -2.35. The van der Waals surface area contributed by atoms with E-state index in [1.54, 1.807) is 0 Å². The fourth-order valence-electron chi connectivity index (χ4n) is 4.71. The van der Waals surface area contributed by atoms with Crippen molar-refractivity contribution >= 4 is 11.0 Å². The molecule has 5 rings (SSSR count). The van der Waals surface area contributed by atoms with Gasteiger partial charge in [-0.3, -0.25) is 0 Å². The highest BCUT2D eigenvalue weighted by Gasteiger charge is 2.52.